The molecule has 2 fully saturated rings. The Labute approximate surface area is 234 Å². The van der Waals surface area contributed by atoms with Crippen LogP contribution in [0.15, 0.2) is 0 Å². The lowest BCUT2D eigenvalue weighted by Crippen LogP contribution is -2.65. The van der Waals surface area contributed by atoms with E-state index in [1.165, 1.54) is 0 Å². The third-order valence-electron chi connectivity index (χ3n) is 8.48. The summed E-state index contributed by atoms with van der Waals surface area (Å²) < 4.78 is 12.6. The number of esters is 2. The van der Waals surface area contributed by atoms with Gasteiger partial charge in [0.15, 0.2) is 0 Å². The molecule has 6 heteroatoms. The second kappa shape index (κ2) is 13.5. The molecule has 2 saturated carbocycles. The maximum absolute atomic E-state index is 14.0. The van der Waals surface area contributed by atoms with E-state index < -0.39 is 23.2 Å². The second-order valence-electron chi connectivity index (χ2n) is 15.3. The SMILES string of the molecule is CC(C)[C@@H]1CC[C@@H](C)C[C@H]1OC(=O)[C@H](NC(C)(C)C)[C@@H](NC(C)(C)C)C(=O)O[C@@H]1C[C@H](C)CC[C@H]1C(C)C. The average Bonchev–Trinajstić information content (AvgIpc) is 2.74. The van der Waals surface area contributed by atoms with Crippen LogP contribution < -0.4 is 10.6 Å². The van der Waals surface area contributed by atoms with Crippen molar-refractivity contribution in [2.24, 2.45) is 35.5 Å². The zero-order valence-corrected chi connectivity index (χ0v) is 26.6. The number of hydrogen-bond acceptors (Lipinski definition) is 6. The van der Waals surface area contributed by atoms with Gasteiger partial charge in [-0.3, -0.25) is 20.2 Å². The highest BCUT2D eigenvalue weighted by atomic mass is 16.6. The summed E-state index contributed by atoms with van der Waals surface area (Å²) in [6.45, 7) is 25.4. The van der Waals surface area contributed by atoms with Gasteiger partial charge in [0, 0.05) is 11.1 Å². The van der Waals surface area contributed by atoms with E-state index in [-0.39, 0.29) is 24.1 Å². The molecule has 222 valence electrons. The first-order chi connectivity index (χ1) is 17.4. The molecule has 0 radical (unpaired) electrons. The minimum Gasteiger partial charge on any atom is -0.461 e. The van der Waals surface area contributed by atoms with Gasteiger partial charge < -0.3 is 9.47 Å². The fraction of sp³-hybridized carbons (Fsp3) is 0.938. The Morgan fingerprint density at radius 2 is 0.947 bits per heavy atom. The highest BCUT2D eigenvalue weighted by Gasteiger charge is 2.44. The number of carbonyl (C=O) groups excluding carboxylic acids is 2. The number of hydrogen-bond donors (Lipinski definition) is 2. The first kappa shape index (κ1) is 33.1. The van der Waals surface area contributed by atoms with Crippen LogP contribution in [0.4, 0.5) is 0 Å². The average molecular weight is 537 g/mol. The van der Waals surface area contributed by atoms with Gasteiger partial charge in [-0.15, -0.1) is 0 Å². The Bertz CT molecular complexity index is 702. The summed E-state index contributed by atoms with van der Waals surface area (Å²) in [4.78, 5) is 28.0. The fourth-order valence-electron chi connectivity index (χ4n) is 6.44. The topological polar surface area (TPSA) is 76.7 Å². The van der Waals surface area contributed by atoms with E-state index in [4.69, 9.17) is 9.47 Å². The first-order valence-corrected chi connectivity index (χ1v) is 15.3. The van der Waals surface area contributed by atoms with Gasteiger partial charge in [0.25, 0.3) is 0 Å². The normalized spacial score (nSPS) is 30.7. The van der Waals surface area contributed by atoms with E-state index in [0.717, 1.165) is 38.5 Å². The molecule has 0 aromatic heterocycles. The molecule has 2 aliphatic carbocycles. The summed E-state index contributed by atoms with van der Waals surface area (Å²) in [6, 6.07) is -1.71. The summed E-state index contributed by atoms with van der Waals surface area (Å²) in [5, 5.41) is 6.89. The molecule has 8 atom stereocenters. The van der Waals surface area contributed by atoms with Gasteiger partial charge in [-0.25, -0.2) is 0 Å². The molecule has 0 aromatic carbocycles. The van der Waals surface area contributed by atoms with Crippen LogP contribution in [-0.4, -0.2) is 47.3 Å². The lowest BCUT2D eigenvalue weighted by atomic mass is 9.75. The summed E-state index contributed by atoms with van der Waals surface area (Å²) >= 11 is 0. The number of rotatable bonds is 9. The Morgan fingerprint density at radius 3 is 1.21 bits per heavy atom. The number of ether oxygens (including phenoxy) is 2. The highest BCUT2D eigenvalue weighted by molar-refractivity contribution is 5.87. The van der Waals surface area contributed by atoms with Crippen LogP contribution in [0.2, 0.25) is 0 Å². The largest absolute Gasteiger partial charge is 0.461 e. The van der Waals surface area contributed by atoms with Gasteiger partial charge in [-0.2, -0.15) is 0 Å². The third kappa shape index (κ3) is 10.1. The molecular formula is C32H60N2O4. The smallest absolute Gasteiger partial charge is 0.325 e. The van der Waals surface area contributed by atoms with Crippen molar-refractivity contribution in [3.8, 4) is 0 Å². The van der Waals surface area contributed by atoms with E-state index in [9.17, 15) is 9.59 Å². The Hall–Kier alpha value is -1.14. The summed E-state index contributed by atoms with van der Waals surface area (Å²) in [5.41, 5.74) is -0.808. The molecule has 0 heterocycles. The third-order valence-corrected chi connectivity index (χ3v) is 8.48. The minimum atomic E-state index is -0.856. The molecule has 6 nitrogen and oxygen atoms in total. The lowest BCUT2D eigenvalue weighted by Gasteiger charge is -2.41. The summed E-state index contributed by atoms with van der Waals surface area (Å²) in [5.74, 6) is 1.86. The lowest BCUT2D eigenvalue weighted by molar-refractivity contribution is -0.169. The van der Waals surface area contributed by atoms with E-state index in [1.807, 2.05) is 41.5 Å². The molecule has 2 aliphatic rings. The molecule has 0 spiro atoms. The zero-order chi connectivity index (χ0) is 29.0. The monoisotopic (exact) mass is 536 g/mol. The quantitative estimate of drug-likeness (QED) is 0.327. The van der Waals surface area contributed by atoms with Gasteiger partial charge in [-0.05, 0) is 103 Å². The molecular weight excluding hydrogens is 476 g/mol. The first-order valence-electron chi connectivity index (χ1n) is 15.3. The van der Waals surface area contributed by atoms with Gasteiger partial charge in [0.2, 0.25) is 0 Å². The molecule has 0 saturated heterocycles. The Kier molecular flexibility index (Phi) is 11.7. The van der Waals surface area contributed by atoms with Crippen LogP contribution in [-0.2, 0) is 19.1 Å². The fourth-order valence-corrected chi connectivity index (χ4v) is 6.44. The number of nitrogens with one attached hydrogen (secondary N) is 2. The minimum absolute atomic E-state index is 0.133. The van der Waals surface area contributed by atoms with Crippen LogP contribution in [0, 0.1) is 35.5 Å². The zero-order valence-electron chi connectivity index (χ0n) is 26.6. The van der Waals surface area contributed by atoms with Crippen molar-refractivity contribution >= 4 is 11.9 Å². The standard InChI is InChI=1S/C32H60N2O4/c1-19(2)23-15-13-21(5)17-25(23)37-29(35)27(33-31(7,8)9)28(34-32(10,11)12)30(36)38-26-18-22(6)14-16-24(26)20(3)4/h19-28,33-34H,13-18H2,1-12H3/t21-,22-,23+,24+,25-,26-,27-,28-/m1/s1. The van der Waals surface area contributed by atoms with Crippen LogP contribution >= 0.6 is 0 Å². The van der Waals surface area contributed by atoms with Crippen molar-refractivity contribution in [2.75, 3.05) is 0 Å². The highest BCUT2D eigenvalue weighted by Crippen LogP contribution is 2.37. The Morgan fingerprint density at radius 1 is 0.632 bits per heavy atom. The predicted octanol–water partition coefficient (Wildman–Crippen LogP) is 6.51. The molecule has 38 heavy (non-hydrogen) atoms. The molecule has 0 aliphatic heterocycles. The summed E-state index contributed by atoms with van der Waals surface area (Å²) in [6.07, 6.45) is 5.93. The summed E-state index contributed by atoms with van der Waals surface area (Å²) in [7, 11) is 0. The van der Waals surface area contributed by atoms with E-state index in [2.05, 4.69) is 52.2 Å². The van der Waals surface area contributed by atoms with Gasteiger partial charge in [-0.1, -0.05) is 54.4 Å². The van der Waals surface area contributed by atoms with Crippen molar-refractivity contribution in [1.82, 2.24) is 10.6 Å². The Balaban J connectivity index is 2.37. The number of carbonyl (C=O) groups is 2. The predicted molar refractivity (Wildman–Crippen MR) is 156 cm³/mol. The van der Waals surface area contributed by atoms with E-state index in [0.29, 0.717) is 35.5 Å². The molecule has 0 aromatic rings. The van der Waals surface area contributed by atoms with E-state index in [1.54, 1.807) is 0 Å². The van der Waals surface area contributed by atoms with Crippen molar-refractivity contribution in [2.45, 2.75) is 157 Å². The van der Waals surface area contributed by atoms with Crippen LogP contribution in [0.1, 0.15) is 122 Å². The maximum atomic E-state index is 14.0. The van der Waals surface area contributed by atoms with Crippen molar-refractivity contribution in [3.05, 3.63) is 0 Å². The molecule has 2 N–H and O–H groups in total. The van der Waals surface area contributed by atoms with Crippen molar-refractivity contribution in [1.29, 1.82) is 0 Å². The second-order valence-corrected chi connectivity index (χ2v) is 15.3. The van der Waals surface area contributed by atoms with E-state index >= 15 is 0 Å². The molecule has 0 amide bonds. The molecule has 0 bridgehead atoms. The van der Waals surface area contributed by atoms with Gasteiger partial charge in [0.1, 0.15) is 24.3 Å². The maximum Gasteiger partial charge on any atom is 0.325 e. The van der Waals surface area contributed by atoms with Gasteiger partial charge >= 0.3 is 11.9 Å². The van der Waals surface area contributed by atoms with Crippen molar-refractivity contribution < 1.29 is 19.1 Å². The molecule has 2 rings (SSSR count). The van der Waals surface area contributed by atoms with Crippen LogP contribution in [0.25, 0.3) is 0 Å². The molecule has 0 unspecified atom stereocenters. The van der Waals surface area contributed by atoms with Gasteiger partial charge in [0.05, 0.1) is 0 Å². The van der Waals surface area contributed by atoms with Crippen LogP contribution in [0.3, 0.4) is 0 Å². The van der Waals surface area contributed by atoms with Crippen LogP contribution in [0.5, 0.6) is 0 Å². The van der Waals surface area contributed by atoms with Crippen molar-refractivity contribution in [3.63, 3.8) is 0 Å².